The molecule has 1 aliphatic carbocycles. The fourth-order valence-electron chi connectivity index (χ4n) is 2.39. The number of esters is 1. The number of hydrogen-bond acceptors (Lipinski definition) is 3. The van der Waals surface area contributed by atoms with Crippen LogP contribution in [0.2, 0.25) is 0 Å². The summed E-state index contributed by atoms with van der Waals surface area (Å²) in [5.74, 6) is 0.434. The Morgan fingerprint density at radius 2 is 1.95 bits per heavy atom. The maximum Gasteiger partial charge on any atom is 0.314 e. The highest BCUT2D eigenvalue weighted by atomic mass is 16.5. The van der Waals surface area contributed by atoms with E-state index in [1.165, 1.54) is 7.11 Å². The molecular weight excluding hydrogens is 268 g/mol. The first-order valence-electron chi connectivity index (χ1n) is 7.96. The van der Waals surface area contributed by atoms with Gasteiger partial charge in [-0.05, 0) is 38.0 Å². The van der Waals surface area contributed by atoms with Gasteiger partial charge in [-0.15, -0.1) is 0 Å². The number of urea groups is 1. The Morgan fingerprint density at radius 3 is 2.67 bits per heavy atom. The van der Waals surface area contributed by atoms with E-state index in [0.29, 0.717) is 18.9 Å². The first-order chi connectivity index (χ1) is 10.2. The highest BCUT2D eigenvalue weighted by Crippen LogP contribution is 2.16. The van der Waals surface area contributed by atoms with Gasteiger partial charge in [0.1, 0.15) is 0 Å². The predicted molar refractivity (Wildman–Crippen MR) is 83.0 cm³/mol. The summed E-state index contributed by atoms with van der Waals surface area (Å²) in [5, 5.41) is 5.81. The quantitative estimate of drug-likeness (QED) is 0.390. The summed E-state index contributed by atoms with van der Waals surface area (Å²) in [6, 6.07) is -0.0703. The van der Waals surface area contributed by atoms with Crippen LogP contribution in [0, 0.1) is 5.92 Å². The van der Waals surface area contributed by atoms with Gasteiger partial charge >= 0.3 is 12.0 Å². The molecule has 2 N–H and O–H groups in total. The lowest BCUT2D eigenvalue weighted by atomic mass is 9.94. The van der Waals surface area contributed by atoms with Crippen molar-refractivity contribution in [1.29, 1.82) is 0 Å². The normalized spacial score (nSPS) is 17.3. The maximum absolute atomic E-state index is 11.6. The van der Waals surface area contributed by atoms with Gasteiger partial charge in [-0.2, -0.15) is 0 Å². The number of hydrogen-bond donors (Lipinski definition) is 2. The third kappa shape index (κ3) is 9.10. The van der Waals surface area contributed by atoms with Crippen molar-refractivity contribution in [2.24, 2.45) is 5.92 Å². The molecule has 21 heavy (non-hydrogen) atoms. The van der Waals surface area contributed by atoms with Crippen molar-refractivity contribution in [2.45, 2.75) is 51.4 Å². The average Bonchev–Trinajstić information content (AvgIpc) is 2.52. The molecule has 0 bridgehead atoms. The first kappa shape index (κ1) is 17.5. The third-order valence-electron chi connectivity index (χ3n) is 3.75. The fraction of sp³-hybridized carbons (Fsp3) is 0.750. The Labute approximate surface area is 127 Å². The van der Waals surface area contributed by atoms with Crippen molar-refractivity contribution in [3.63, 3.8) is 0 Å². The van der Waals surface area contributed by atoms with E-state index in [1.54, 1.807) is 0 Å². The van der Waals surface area contributed by atoms with Gasteiger partial charge in [0.15, 0.2) is 0 Å². The lowest BCUT2D eigenvalue weighted by molar-refractivity contribution is -0.140. The summed E-state index contributed by atoms with van der Waals surface area (Å²) in [6.45, 7) is 1.45. The molecule has 0 aromatic heterocycles. The van der Waals surface area contributed by atoms with Gasteiger partial charge in [0.05, 0.1) is 7.11 Å². The van der Waals surface area contributed by atoms with E-state index in [2.05, 4.69) is 27.5 Å². The van der Waals surface area contributed by atoms with Crippen LogP contribution in [-0.4, -0.2) is 32.2 Å². The van der Waals surface area contributed by atoms with Crippen LogP contribution in [0.5, 0.6) is 0 Å². The molecule has 1 rings (SSSR count). The first-order valence-corrected chi connectivity index (χ1v) is 7.96. The van der Waals surface area contributed by atoms with Crippen LogP contribution in [0.15, 0.2) is 12.2 Å². The van der Waals surface area contributed by atoms with Crippen molar-refractivity contribution in [3.05, 3.63) is 12.2 Å². The minimum absolute atomic E-state index is 0.0703. The molecule has 0 saturated heterocycles. The molecule has 0 spiro atoms. The molecule has 1 unspecified atom stereocenters. The molecule has 0 saturated carbocycles. The number of ether oxygens (including phenoxy) is 1. The van der Waals surface area contributed by atoms with E-state index in [4.69, 9.17) is 0 Å². The van der Waals surface area contributed by atoms with Crippen molar-refractivity contribution in [1.82, 2.24) is 10.6 Å². The second-order valence-corrected chi connectivity index (χ2v) is 5.53. The number of rotatable bonds is 9. The van der Waals surface area contributed by atoms with Gasteiger partial charge in [0.2, 0.25) is 0 Å². The lowest BCUT2D eigenvalue weighted by Gasteiger charge is -2.18. The Morgan fingerprint density at radius 1 is 1.14 bits per heavy atom. The number of unbranched alkanes of at least 4 members (excludes halogenated alkanes) is 3. The Kier molecular flexibility index (Phi) is 9.33. The summed E-state index contributed by atoms with van der Waals surface area (Å²) in [4.78, 5) is 22.5. The van der Waals surface area contributed by atoms with E-state index in [1.807, 2.05) is 0 Å². The van der Waals surface area contributed by atoms with Crippen LogP contribution in [0.1, 0.15) is 51.4 Å². The minimum Gasteiger partial charge on any atom is -0.469 e. The topological polar surface area (TPSA) is 67.4 Å². The van der Waals surface area contributed by atoms with Crippen LogP contribution in [0.4, 0.5) is 4.79 Å². The zero-order chi connectivity index (χ0) is 15.3. The Bertz CT molecular complexity index is 342. The second kappa shape index (κ2) is 11.2. The summed E-state index contributed by atoms with van der Waals surface area (Å²) in [5.41, 5.74) is 0. The van der Waals surface area contributed by atoms with Crippen LogP contribution in [0.3, 0.4) is 0 Å². The highest BCUT2D eigenvalue weighted by Gasteiger charge is 2.10. The summed E-state index contributed by atoms with van der Waals surface area (Å²) in [7, 11) is 1.41. The monoisotopic (exact) mass is 296 g/mol. The number of nitrogens with one attached hydrogen (secondary N) is 2. The lowest BCUT2D eigenvalue weighted by Crippen LogP contribution is -2.38. The van der Waals surface area contributed by atoms with Gasteiger partial charge < -0.3 is 15.4 Å². The molecule has 1 aliphatic rings. The smallest absolute Gasteiger partial charge is 0.314 e. The molecule has 1 atom stereocenters. The molecule has 120 valence electrons. The molecule has 0 heterocycles. The van der Waals surface area contributed by atoms with Crippen LogP contribution >= 0.6 is 0 Å². The van der Waals surface area contributed by atoms with E-state index >= 15 is 0 Å². The molecule has 5 heteroatoms. The Balaban J connectivity index is 1.89. The number of amides is 2. The van der Waals surface area contributed by atoms with Crippen LogP contribution in [0.25, 0.3) is 0 Å². The largest absolute Gasteiger partial charge is 0.469 e. The van der Waals surface area contributed by atoms with E-state index in [0.717, 1.165) is 51.5 Å². The zero-order valence-electron chi connectivity index (χ0n) is 13.0. The van der Waals surface area contributed by atoms with Crippen molar-refractivity contribution < 1.29 is 14.3 Å². The second-order valence-electron chi connectivity index (χ2n) is 5.53. The molecule has 0 aromatic rings. The minimum atomic E-state index is -0.148. The van der Waals surface area contributed by atoms with Crippen molar-refractivity contribution in [2.75, 3.05) is 20.2 Å². The van der Waals surface area contributed by atoms with Crippen molar-refractivity contribution >= 4 is 12.0 Å². The van der Waals surface area contributed by atoms with Gasteiger partial charge in [-0.3, -0.25) is 4.79 Å². The van der Waals surface area contributed by atoms with E-state index < -0.39 is 0 Å². The van der Waals surface area contributed by atoms with Gasteiger partial charge in [-0.25, -0.2) is 4.79 Å². The SMILES string of the molecule is COC(=O)CCCCCCNC(=O)NCC1CC=CCC1. The summed E-state index contributed by atoms with van der Waals surface area (Å²) < 4.78 is 4.58. The van der Waals surface area contributed by atoms with E-state index in [9.17, 15) is 9.59 Å². The summed E-state index contributed by atoms with van der Waals surface area (Å²) in [6.07, 6.45) is 12.1. The molecule has 5 nitrogen and oxygen atoms in total. The molecule has 0 radical (unpaired) electrons. The highest BCUT2D eigenvalue weighted by molar-refractivity contribution is 5.73. The van der Waals surface area contributed by atoms with Gasteiger partial charge in [-0.1, -0.05) is 25.0 Å². The maximum atomic E-state index is 11.6. The number of allylic oxidation sites excluding steroid dienone is 2. The molecule has 2 amide bonds. The number of carbonyl (C=O) groups is 2. The predicted octanol–water partition coefficient (Wildman–Crippen LogP) is 2.77. The van der Waals surface area contributed by atoms with Crippen LogP contribution < -0.4 is 10.6 Å². The van der Waals surface area contributed by atoms with E-state index in [-0.39, 0.29) is 12.0 Å². The molecule has 0 aromatic carbocycles. The van der Waals surface area contributed by atoms with Gasteiger partial charge in [0, 0.05) is 19.5 Å². The van der Waals surface area contributed by atoms with Crippen molar-refractivity contribution in [3.8, 4) is 0 Å². The zero-order valence-corrected chi connectivity index (χ0v) is 13.0. The number of methoxy groups -OCH3 is 1. The summed E-state index contributed by atoms with van der Waals surface area (Å²) >= 11 is 0. The number of carbonyl (C=O) groups excluding carboxylic acids is 2. The average molecular weight is 296 g/mol. The standard InChI is InChI=1S/C16H28N2O3/c1-21-15(19)11-7-2-3-8-12-17-16(20)18-13-14-9-5-4-6-10-14/h4-5,14H,2-3,6-13H2,1H3,(H2,17,18,20). The third-order valence-corrected chi connectivity index (χ3v) is 3.75. The fourth-order valence-corrected chi connectivity index (χ4v) is 2.39. The molecular formula is C16H28N2O3. The van der Waals surface area contributed by atoms with Crippen LogP contribution in [-0.2, 0) is 9.53 Å². The van der Waals surface area contributed by atoms with Gasteiger partial charge in [0.25, 0.3) is 0 Å². The molecule has 0 aliphatic heterocycles. The Hall–Kier alpha value is -1.52. The molecule has 0 fully saturated rings.